The fourth-order valence-corrected chi connectivity index (χ4v) is 2.56. The molecular weight excluding hydrogens is 290 g/mol. The average molecular weight is 305 g/mol. The summed E-state index contributed by atoms with van der Waals surface area (Å²) < 4.78 is 32.7. The molecule has 0 saturated carbocycles. The highest BCUT2D eigenvalue weighted by Gasteiger charge is 2.12. The van der Waals surface area contributed by atoms with E-state index in [1.54, 1.807) is 30.3 Å². The normalized spacial score (nSPS) is 11.7. The zero-order valence-corrected chi connectivity index (χ0v) is 12.5. The van der Waals surface area contributed by atoms with E-state index in [4.69, 9.17) is 4.74 Å². The van der Waals surface area contributed by atoms with Crippen molar-refractivity contribution >= 4 is 16.2 Å². The van der Waals surface area contributed by atoms with Crippen molar-refractivity contribution in [1.29, 1.82) is 0 Å². The van der Waals surface area contributed by atoms with Crippen LogP contribution in [0.5, 0.6) is 11.5 Å². The molecule has 0 radical (unpaired) electrons. The number of rotatable bonds is 4. The first-order valence-electron chi connectivity index (χ1n) is 6.17. The van der Waals surface area contributed by atoms with Gasteiger partial charge in [0, 0.05) is 5.56 Å². The molecule has 0 bridgehead atoms. The van der Waals surface area contributed by atoms with Gasteiger partial charge in [-0.2, -0.15) is 12.8 Å². The number of sulfonamides is 1. The Morgan fingerprint density at radius 3 is 2.43 bits per heavy atom. The first-order valence-corrected chi connectivity index (χ1v) is 7.61. The third kappa shape index (κ3) is 3.41. The van der Waals surface area contributed by atoms with E-state index in [-0.39, 0.29) is 22.0 Å². The number of para-hydroxylation sites is 1. The van der Waals surface area contributed by atoms with Crippen molar-refractivity contribution in [2.24, 2.45) is 4.40 Å². The van der Waals surface area contributed by atoms with Crippen LogP contribution in [0.25, 0.3) is 0 Å². The Hall–Kier alpha value is -2.34. The Bertz CT molecular complexity index is 765. The molecule has 0 amide bonds. The van der Waals surface area contributed by atoms with Crippen molar-refractivity contribution in [2.45, 2.75) is 11.8 Å². The lowest BCUT2D eigenvalue weighted by atomic mass is 10.2. The maximum atomic E-state index is 12.1. The van der Waals surface area contributed by atoms with Gasteiger partial charge in [-0.25, -0.2) is 0 Å². The minimum absolute atomic E-state index is 0.103. The molecule has 21 heavy (non-hydrogen) atoms. The fraction of sp³-hybridized carbons (Fsp3) is 0.133. The molecule has 0 saturated heterocycles. The zero-order chi connectivity index (χ0) is 15.5. The van der Waals surface area contributed by atoms with Crippen LogP contribution in [0.2, 0.25) is 0 Å². The molecule has 0 spiro atoms. The van der Waals surface area contributed by atoms with Crippen LogP contribution in [0.1, 0.15) is 11.1 Å². The molecular formula is C15H15NO4S. The summed E-state index contributed by atoms with van der Waals surface area (Å²) in [5.41, 5.74) is 1.23. The molecule has 0 heterocycles. The fourth-order valence-electron chi connectivity index (χ4n) is 1.71. The number of hydrogen-bond donors (Lipinski definition) is 1. The second-order valence-corrected chi connectivity index (χ2v) is 6.05. The van der Waals surface area contributed by atoms with Crippen molar-refractivity contribution in [2.75, 3.05) is 7.11 Å². The number of nitrogens with zero attached hydrogens (tertiary/aromatic N) is 1. The molecule has 0 aromatic heterocycles. The second-order valence-electron chi connectivity index (χ2n) is 4.42. The van der Waals surface area contributed by atoms with Gasteiger partial charge in [0.2, 0.25) is 0 Å². The van der Waals surface area contributed by atoms with Gasteiger partial charge in [0.1, 0.15) is 0 Å². The van der Waals surface area contributed by atoms with Crippen LogP contribution in [0.15, 0.2) is 51.8 Å². The lowest BCUT2D eigenvalue weighted by Crippen LogP contribution is -1.98. The first kappa shape index (κ1) is 15.1. The molecule has 2 rings (SSSR count). The third-order valence-electron chi connectivity index (χ3n) is 2.90. The van der Waals surface area contributed by atoms with Crippen LogP contribution in [0.3, 0.4) is 0 Å². The summed E-state index contributed by atoms with van der Waals surface area (Å²) >= 11 is 0. The largest absolute Gasteiger partial charge is 0.504 e. The molecule has 2 aromatic rings. The molecule has 0 fully saturated rings. The van der Waals surface area contributed by atoms with Gasteiger partial charge in [0.25, 0.3) is 10.0 Å². The van der Waals surface area contributed by atoms with Gasteiger partial charge in [-0.3, -0.25) is 0 Å². The van der Waals surface area contributed by atoms with E-state index >= 15 is 0 Å². The number of aromatic hydroxyl groups is 1. The van der Waals surface area contributed by atoms with E-state index < -0.39 is 10.0 Å². The van der Waals surface area contributed by atoms with Crippen LogP contribution in [-0.2, 0) is 10.0 Å². The molecule has 110 valence electrons. The summed E-state index contributed by atoms with van der Waals surface area (Å²) in [6.45, 7) is 1.87. The molecule has 0 unspecified atom stereocenters. The number of phenols is 1. The van der Waals surface area contributed by atoms with E-state index in [0.717, 1.165) is 11.8 Å². The smallest absolute Gasteiger partial charge is 0.282 e. The highest BCUT2D eigenvalue weighted by atomic mass is 32.2. The molecule has 0 aliphatic heterocycles. The molecule has 0 aliphatic carbocycles. The summed E-state index contributed by atoms with van der Waals surface area (Å²) in [6.07, 6.45) is 1.10. The highest BCUT2D eigenvalue weighted by molar-refractivity contribution is 7.90. The maximum absolute atomic E-state index is 12.1. The SMILES string of the molecule is COc1cccc(/C=N/S(=O)(=O)c2ccc(C)cc2)c1O. The Kier molecular flexibility index (Phi) is 4.28. The topological polar surface area (TPSA) is 76.0 Å². The van der Waals surface area contributed by atoms with Crippen molar-refractivity contribution in [3.05, 3.63) is 53.6 Å². The number of aryl methyl sites for hydroxylation is 1. The summed E-state index contributed by atoms with van der Waals surface area (Å²) in [4.78, 5) is 0.103. The lowest BCUT2D eigenvalue weighted by molar-refractivity contribution is 0.373. The van der Waals surface area contributed by atoms with Crippen LogP contribution < -0.4 is 4.74 Å². The van der Waals surface area contributed by atoms with E-state index in [1.807, 2.05) is 6.92 Å². The zero-order valence-electron chi connectivity index (χ0n) is 11.6. The van der Waals surface area contributed by atoms with Crippen LogP contribution in [0.4, 0.5) is 0 Å². The summed E-state index contributed by atoms with van der Waals surface area (Å²) in [6, 6.07) is 11.1. The number of hydrogen-bond acceptors (Lipinski definition) is 4. The second kappa shape index (κ2) is 5.97. The minimum atomic E-state index is -3.79. The molecule has 1 N–H and O–H groups in total. The summed E-state index contributed by atoms with van der Waals surface area (Å²) in [5, 5.41) is 9.88. The Morgan fingerprint density at radius 1 is 1.14 bits per heavy atom. The Balaban J connectivity index is 2.34. The monoisotopic (exact) mass is 305 g/mol. The summed E-state index contributed by atoms with van der Waals surface area (Å²) in [5.74, 6) is 0.106. The number of methoxy groups -OCH3 is 1. The quantitative estimate of drug-likeness (QED) is 0.881. The van der Waals surface area contributed by atoms with Crippen LogP contribution in [0, 0.1) is 6.92 Å². The van der Waals surface area contributed by atoms with Gasteiger partial charge in [0.05, 0.1) is 18.2 Å². The van der Waals surface area contributed by atoms with Gasteiger partial charge in [0.15, 0.2) is 11.5 Å². The van der Waals surface area contributed by atoms with Crippen molar-refractivity contribution in [3.8, 4) is 11.5 Å². The number of phenolic OH excluding ortho intramolecular Hbond substituents is 1. The molecule has 6 heteroatoms. The van der Waals surface area contributed by atoms with Gasteiger partial charge < -0.3 is 9.84 Å². The van der Waals surface area contributed by atoms with E-state index in [1.165, 1.54) is 19.2 Å². The van der Waals surface area contributed by atoms with Gasteiger partial charge in [-0.15, -0.1) is 0 Å². The number of ether oxygens (including phenoxy) is 1. The van der Waals surface area contributed by atoms with E-state index in [9.17, 15) is 13.5 Å². The van der Waals surface area contributed by atoms with Crippen molar-refractivity contribution in [1.82, 2.24) is 0 Å². The highest BCUT2D eigenvalue weighted by Crippen LogP contribution is 2.28. The first-order chi connectivity index (χ1) is 9.94. The van der Waals surface area contributed by atoms with Gasteiger partial charge in [-0.05, 0) is 31.2 Å². The standard InChI is InChI=1S/C15H15NO4S/c1-11-6-8-13(9-7-11)21(18,19)16-10-12-4-3-5-14(20-2)15(12)17/h3-10,17H,1-2H3/b16-10+. The summed E-state index contributed by atoms with van der Waals surface area (Å²) in [7, 11) is -2.38. The van der Waals surface area contributed by atoms with E-state index in [2.05, 4.69) is 4.40 Å². The Morgan fingerprint density at radius 2 is 1.81 bits per heavy atom. The van der Waals surface area contributed by atoms with Gasteiger partial charge in [-0.1, -0.05) is 23.8 Å². The predicted octanol–water partition coefficient (Wildman–Crippen LogP) is 2.52. The minimum Gasteiger partial charge on any atom is -0.504 e. The predicted molar refractivity (Wildman–Crippen MR) is 80.6 cm³/mol. The van der Waals surface area contributed by atoms with E-state index in [0.29, 0.717) is 0 Å². The molecule has 0 atom stereocenters. The van der Waals surface area contributed by atoms with Crippen molar-refractivity contribution < 1.29 is 18.3 Å². The molecule has 0 aliphatic rings. The van der Waals surface area contributed by atoms with Gasteiger partial charge >= 0.3 is 0 Å². The molecule has 5 nitrogen and oxygen atoms in total. The number of benzene rings is 2. The van der Waals surface area contributed by atoms with Crippen molar-refractivity contribution in [3.63, 3.8) is 0 Å². The van der Waals surface area contributed by atoms with Crippen LogP contribution >= 0.6 is 0 Å². The maximum Gasteiger partial charge on any atom is 0.282 e. The third-order valence-corrected chi connectivity index (χ3v) is 4.15. The average Bonchev–Trinajstić information content (AvgIpc) is 2.47. The lowest BCUT2D eigenvalue weighted by Gasteiger charge is -2.05. The van der Waals surface area contributed by atoms with Crippen LogP contribution in [-0.4, -0.2) is 26.8 Å². The molecule has 2 aromatic carbocycles. The Labute approximate surface area is 123 Å².